The smallest absolute Gasteiger partial charge is 0.263 e. The second-order valence-electron chi connectivity index (χ2n) is 6.98. The highest BCUT2D eigenvalue weighted by Gasteiger charge is 2.21. The molecule has 0 saturated heterocycles. The summed E-state index contributed by atoms with van der Waals surface area (Å²) in [5.41, 5.74) is 2.84. The number of fused-ring (bicyclic) bond motifs is 1. The van der Waals surface area contributed by atoms with Crippen LogP contribution in [0.25, 0.3) is 21.3 Å². The minimum atomic E-state index is -0.155. The maximum atomic E-state index is 13.2. The van der Waals surface area contributed by atoms with Gasteiger partial charge in [0.1, 0.15) is 11.4 Å². The molecule has 1 amide bonds. The van der Waals surface area contributed by atoms with Crippen molar-refractivity contribution in [3.8, 4) is 11.1 Å². The molecule has 4 rings (SSSR count). The zero-order valence-corrected chi connectivity index (χ0v) is 17.0. The van der Waals surface area contributed by atoms with Gasteiger partial charge in [0.15, 0.2) is 0 Å². The molecule has 2 heterocycles. The van der Waals surface area contributed by atoms with Gasteiger partial charge in [0, 0.05) is 22.7 Å². The van der Waals surface area contributed by atoms with Crippen LogP contribution in [0.2, 0.25) is 0 Å². The normalized spacial score (nSPS) is 13.7. The van der Waals surface area contributed by atoms with Crippen LogP contribution in [0.1, 0.15) is 31.1 Å². The van der Waals surface area contributed by atoms with Crippen LogP contribution in [0.15, 0.2) is 53.2 Å². The first kappa shape index (κ1) is 18.6. The van der Waals surface area contributed by atoms with E-state index in [9.17, 15) is 9.59 Å². The number of likely N-dealkylation sites (N-methyl/N-ethyl adjacent to an activating group) is 1. The van der Waals surface area contributed by atoms with E-state index in [0.29, 0.717) is 11.9 Å². The number of nitrogens with zero attached hydrogens (tertiary/aromatic N) is 3. The minimum absolute atomic E-state index is 0.01000. The van der Waals surface area contributed by atoms with Gasteiger partial charge in [-0.15, -0.1) is 11.3 Å². The van der Waals surface area contributed by atoms with Crippen LogP contribution in [0.3, 0.4) is 0 Å². The molecule has 0 bridgehead atoms. The van der Waals surface area contributed by atoms with Crippen LogP contribution in [0, 0.1) is 6.92 Å². The molecule has 0 saturated carbocycles. The molecule has 1 aromatic carbocycles. The summed E-state index contributed by atoms with van der Waals surface area (Å²) in [5.74, 6) is -0.0629. The number of carbonyl (C=O) groups excluding carboxylic acids is 1. The quantitative estimate of drug-likeness (QED) is 0.648. The van der Waals surface area contributed by atoms with E-state index in [1.54, 1.807) is 4.90 Å². The third-order valence-corrected chi connectivity index (χ3v) is 6.22. The van der Waals surface area contributed by atoms with Gasteiger partial charge in [0.25, 0.3) is 5.56 Å². The van der Waals surface area contributed by atoms with Crippen LogP contribution in [-0.4, -0.2) is 26.9 Å². The highest BCUT2D eigenvalue weighted by molar-refractivity contribution is 7.19. The van der Waals surface area contributed by atoms with Crippen molar-refractivity contribution in [1.29, 1.82) is 0 Å². The second-order valence-corrected chi connectivity index (χ2v) is 8.19. The van der Waals surface area contributed by atoms with Crippen LogP contribution >= 0.6 is 11.3 Å². The van der Waals surface area contributed by atoms with E-state index in [0.717, 1.165) is 45.8 Å². The van der Waals surface area contributed by atoms with Gasteiger partial charge in [-0.05, 0) is 38.7 Å². The molecule has 0 atom stereocenters. The zero-order chi connectivity index (χ0) is 19.7. The van der Waals surface area contributed by atoms with E-state index in [2.05, 4.69) is 11.1 Å². The first-order valence-corrected chi connectivity index (χ1v) is 10.4. The summed E-state index contributed by atoms with van der Waals surface area (Å²) in [4.78, 5) is 34.2. The Hall–Kier alpha value is -2.73. The van der Waals surface area contributed by atoms with Gasteiger partial charge < -0.3 is 4.90 Å². The number of amides is 1. The second kappa shape index (κ2) is 7.72. The fourth-order valence-corrected chi connectivity index (χ4v) is 4.88. The average Bonchev–Trinajstić information content (AvgIpc) is 3.33. The molecule has 1 aliphatic rings. The molecular formula is C22H23N3O2S. The molecule has 5 nitrogen and oxygen atoms in total. The number of aryl methyl sites for hydroxylation is 1. The standard InChI is InChI=1S/C22H23N3O2S/c1-3-25(17-11-7-8-12-17)18(26)13-24-14-23-21-20(22(24)27)19(15(2)28-21)16-9-5-4-6-10-16/h4-6,9-11,14H,3,7-8,12-13H2,1-2H3. The Morgan fingerprint density at radius 1 is 1.29 bits per heavy atom. The molecule has 0 spiro atoms. The topological polar surface area (TPSA) is 55.2 Å². The van der Waals surface area contributed by atoms with Gasteiger partial charge in [-0.25, -0.2) is 4.98 Å². The van der Waals surface area contributed by atoms with E-state index >= 15 is 0 Å². The lowest BCUT2D eigenvalue weighted by molar-refractivity contribution is -0.129. The number of thiophene rings is 1. The lowest BCUT2D eigenvalue weighted by atomic mass is 10.0. The molecule has 144 valence electrons. The predicted molar refractivity (Wildman–Crippen MR) is 113 cm³/mol. The molecule has 2 aromatic heterocycles. The predicted octanol–water partition coefficient (Wildman–Crippen LogP) is 4.35. The number of allylic oxidation sites excluding steroid dienone is 2. The first-order chi connectivity index (χ1) is 13.6. The van der Waals surface area contributed by atoms with Crippen molar-refractivity contribution in [3.05, 3.63) is 63.7 Å². The summed E-state index contributed by atoms with van der Waals surface area (Å²) in [5, 5.41) is 0.604. The van der Waals surface area contributed by atoms with E-state index in [1.165, 1.54) is 22.2 Å². The van der Waals surface area contributed by atoms with Gasteiger partial charge in [-0.1, -0.05) is 36.4 Å². The third-order valence-electron chi connectivity index (χ3n) is 5.20. The lowest BCUT2D eigenvalue weighted by Gasteiger charge is -2.22. The third kappa shape index (κ3) is 3.29. The fourth-order valence-electron chi connectivity index (χ4n) is 3.87. The van der Waals surface area contributed by atoms with Crippen LogP contribution in [0.5, 0.6) is 0 Å². The summed E-state index contributed by atoms with van der Waals surface area (Å²) in [7, 11) is 0. The van der Waals surface area contributed by atoms with Crippen molar-refractivity contribution < 1.29 is 4.79 Å². The van der Waals surface area contributed by atoms with Gasteiger partial charge in [-0.2, -0.15) is 0 Å². The SMILES string of the molecule is CCN(C(=O)Cn1cnc2sc(C)c(-c3ccccc3)c2c1=O)C1=CCCC1. The summed E-state index contributed by atoms with van der Waals surface area (Å²) in [6.07, 6.45) is 6.65. The summed E-state index contributed by atoms with van der Waals surface area (Å²) in [6, 6.07) is 9.89. The average molecular weight is 394 g/mol. The highest BCUT2D eigenvalue weighted by atomic mass is 32.1. The van der Waals surface area contributed by atoms with Crippen molar-refractivity contribution >= 4 is 27.5 Å². The Kier molecular flexibility index (Phi) is 5.13. The van der Waals surface area contributed by atoms with Gasteiger partial charge in [-0.3, -0.25) is 14.2 Å². The van der Waals surface area contributed by atoms with Crippen LogP contribution in [-0.2, 0) is 11.3 Å². The molecule has 1 aliphatic carbocycles. The molecule has 0 radical (unpaired) electrons. The van der Waals surface area contributed by atoms with Gasteiger partial charge in [0.05, 0.1) is 11.7 Å². The number of hydrogen-bond acceptors (Lipinski definition) is 4. The molecule has 3 aromatic rings. The summed E-state index contributed by atoms with van der Waals surface area (Å²) >= 11 is 1.52. The largest absolute Gasteiger partial charge is 0.315 e. The number of benzene rings is 1. The molecule has 0 unspecified atom stereocenters. The van der Waals surface area contributed by atoms with Crippen molar-refractivity contribution in [2.24, 2.45) is 0 Å². The Labute approximate surface area is 167 Å². The first-order valence-electron chi connectivity index (χ1n) is 9.63. The van der Waals surface area contributed by atoms with E-state index < -0.39 is 0 Å². The van der Waals surface area contributed by atoms with Crippen LogP contribution in [0.4, 0.5) is 0 Å². The number of aromatic nitrogens is 2. The molecule has 28 heavy (non-hydrogen) atoms. The van der Waals surface area contributed by atoms with Crippen molar-refractivity contribution in [3.63, 3.8) is 0 Å². The van der Waals surface area contributed by atoms with E-state index in [1.807, 2.05) is 44.2 Å². The molecule has 0 N–H and O–H groups in total. The maximum Gasteiger partial charge on any atom is 0.263 e. The minimum Gasteiger partial charge on any atom is -0.315 e. The maximum absolute atomic E-state index is 13.2. The van der Waals surface area contributed by atoms with E-state index in [-0.39, 0.29) is 18.0 Å². The van der Waals surface area contributed by atoms with Crippen molar-refractivity contribution in [1.82, 2.24) is 14.5 Å². The van der Waals surface area contributed by atoms with Crippen molar-refractivity contribution in [2.75, 3.05) is 6.54 Å². The fraction of sp³-hybridized carbons (Fsp3) is 0.318. The van der Waals surface area contributed by atoms with Gasteiger partial charge in [0.2, 0.25) is 5.91 Å². The monoisotopic (exact) mass is 393 g/mol. The van der Waals surface area contributed by atoms with Gasteiger partial charge >= 0.3 is 0 Å². The summed E-state index contributed by atoms with van der Waals surface area (Å²) in [6.45, 7) is 4.60. The molecular weight excluding hydrogens is 370 g/mol. The zero-order valence-electron chi connectivity index (χ0n) is 16.1. The summed E-state index contributed by atoms with van der Waals surface area (Å²) < 4.78 is 1.45. The number of rotatable bonds is 5. The van der Waals surface area contributed by atoms with E-state index in [4.69, 9.17) is 0 Å². The van der Waals surface area contributed by atoms with Crippen LogP contribution < -0.4 is 5.56 Å². The van der Waals surface area contributed by atoms with Crippen molar-refractivity contribution in [2.45, 2.75) is 39.7 Å². The number of carbonyl (C=O) groups is 1. The Morgan fingerprint density at radius 3 is 2.75 bits per heavy atom. The lowest BCUT2D eigenvalue weighted by Crippen LogP contribution is -2.35. The molecule has 6 heteroatoms. The molecule has 0 fully saturated rings. The molecule has 0 aliphatic heterocycles. The highest BCUT2D eigenvalue weighted by Crippen LogP contribution is 2.35. The Balaban J connectivity index is 1.74. The Morgan fingerprint density at radius 2 is 2.07 bits per heavy atom. The number of hydrogen-bond donors (Lipinski definition) is 0. The Bertz CT molecular complexity index is 1110.